The van der Waals surface area contributed by atoms with Gasteiger partial charge in [-0.15, -0.1) is 0 Å². The number of ether oxygens (including phenoxy) is 2. The van der Waals surface area contributed by atoms with Crippen LogP contribution in [0.5, 0.6) is 5.75 Å². The van der Waals surface area contributed by atoms with Gasteiger partial charge in [-0.3, -0.25) is 5.41 Å². The zero-order valence-electron chi connectivity index (χ0n) is 25.9. The Hall–Kier alpha value is -4.94. The lowest BCUT2D eigenvalue weighted by atomic mass is 9.76. The summed E-state index contributed by atoms with van der Waals surface area (Å²) < 4.78 is 11.8. The van der Waals surface area contributed by atoms with Crippen LogP contribution in [0.2, 0.25) is 0 Å². The van der Waals surface area contributed by atoms with Crippen molar-refractivity contribution in [2.45, 2.75) is 31.9 Å². The van der Waals surface area contributed by atoms with Gasteiger partial charge in [-0.25, -0.2) is 4.98 Å². The molecule has 1 fully saturated rings. The summed E-state index contributed by atoms with van der Waals surface area (Å²) in [4.78, 5) is 6.86. The van der Waals surface area contributed by atoms with Crippen LogP contribution in [0.4, 0.5) is 11.5 Å². The van der Waals surface area contributed by atoms with Gasteiger partial charge in [0.05, 0.1) is 25.0 Å². The van der Waals surface area contributed by atoms with E-state index in [1.165, 1.54) is 0 Å². The van der Waals surface area contributed by atoms with Crippen LogP contribution < -0.4 is 15.0 Å². The maximum absolute atomic E-state index is 9.60. The van der Waals surface area contributed by atoms with Crippen molar-refractivity contribution >= 4 is 17.2 Å². The molecule has 0 spiro atoms. The molecule has 1 atom stereocenters. The zero-order chi connectivity index (χ0) is 31.1. The highest BCUT2D eigenvalue weighted by Gasteiger charge is 2.37. The van der Waals surface area contributed by atoms with Crippen molar-refractivity contribution < 1.29 is 9.47 Å². The highest BCUT2D eigenvalue weighted by atomic mass is 16.5. The second-order valence-corrected chi connectivity index (χ2v) is 11.4. The number of anilines is 2. The third kappa shape index (κ3) is 6.47. The van der Waals surface area contributed by atoms with Gasteiger partial charge in [0.1, 0.15) is 17.1 Å². The van der Waals surface area contributed by atoms with Gasteiger partial charge in [-0.2, -0.15) is 0 Å². The fraction of sp³-hybridized carbons (Fsp3) is 0.231. The van der Waals surface area contributed by atoms with Crippen molar-refractivity contribution in [2.24, 2.45) is 0 Å². The highest BCUT2D eigenvalue weighted by molar-refractivity contribution is 6.14. The number of morpholine rings is 1. The molecule has 0 amide bonds. The third-order valence-electron chi connectivity index (χ3n) is 8.48. The zero-order valence-corrected chi connectivity index (χ0v) is 25.9. The minimum absolute atomic E-state index is 0.0525. The van der Waals surface area contributed by atoms with E-state index in [9.17, 15) is 5.41 Å². The summed E-state index contributed by atoms with van der Waals surface area (Å²) in [7, 11) is 0. The lowest BCUT2D eigenvalue weighted by Gasteiger charge is -2.38. The predicted octanol–water partition coefficient (Wildman–Crippen LogP) is 7.92. The summed E-state index contributed by atoms with van der Waals surface area (Å²) in [6.07, 6.45) is 2.74. The number of benzene rings is 4. The summed E-state index contributed by atoms with van der Waals surface area (Å²) in [5, 5.41) is 13.6. The highest BCUT2D eigenvalue weighted by Crippen LogP contribution is 2.41. The molecule has 228 valence electrons. The monoisotopic (exact) mass is 596 g/mol. The number of nitrogens with zero attached hydrogens (tertiary/aromatic N) is 2. The Bertz CT molecular complexity index is 1610. The minimum Gasteiger partial charge on any atom is -0.491 e. The molecule has 1 saturated heterocycles. The predicted molar refractivity (Wildman–Crippen MR) is 183 cm³/mol. The molecule has 0 radical (unpaired) electrons. The fourth-order valence-electron chi connectivity index (χ4n) is 5.91. The molecule has 4 aromatic carbocycles. The smallest absolute Gasteiger partial charge is 0.129 e. The number of pyridine rings is 1. The first-order valence-electron chi connectivity index (χ1n) is 15.7. The van der Waals surface area contributed by atoms with E-state index in [0.29, 0.717) is 18.9 Å². The molecule has 0 aliphatic carbocycles. The van der Waals surface area contributed by atoms with Crippen molar-refractivity contribution in [1.29, 1.82) is 5.41 Å². The molecule has 6 rings (SSSR count). The molecule has 45 heavy (non-hydrogen) atoms. The lowest BCUT2D eigenvalue weighted by Crippen LogP contribution is -2.38. The summed E-state index contributed by atoms with van der Waals surface area (Å²) >= 11 is 0. The third-order valence-corrected chi connectivity index (χ3v) is 8.48. The van der Waals surface area contributed by atoms with E-state index in [2.05, 4.69) is 108 Å². The second-order valence-electron chi connectivity index (χ2n) is 11.4. The second kappa shape index (κ2) is 13.8. The van der Waals surface area contributed by atoms with Gasteiger partial charge < -0.3 is 19.7 Å². The molecule has 2 N–H and O–H groups in total. The van der Waals surface area contributed by atoms with Gasteiger partial charge in [0, 0.05) is 36.1 Å². The summed E-state index contributed by atoms with van der Waals surface area (Å²) in [5.41, 5.74) is 5.32. The minimum atomic E-state index is -0.741. The number of hydrogen-bond acceptors (Lipinski definition) is 6. The van der Waals surface area contributed by atoms with Crippen LogP contribution >= 0.6 is 0 Å². The largest absolute Gasteiger partial charge is 0.491 e. The van der Waals surface area contributed by atoms with Crippen LogP contribution in [-0.2, 0) is 10.3 Å². The molecule has 1 aromatic heterocycles. The van der Waals surface area contributed by atoms with Crippen LogP contribution in [0.3, 0.4) is 0 Å². The Labute approximate surface area is 266 Å². The fourth-order valence-corrected chi connectivity index (χ4v) is 5.91. The quantitative estimate of drug-likeness (QED) is 0.120. The lowest BCUT2D eigenvalue weighted by molar-refractivity contribution is 0.122. The molecule has 6 heteroatoms. The number of hydrogen-bond donors (Lipinski definition) is 2. The first kappa shape index (κ1) is 30.1. The van der Waals surface area contributed by atoms with Gasteiger partial charge in [0.25, 0.3) is 0 Å². The van der Waals surface area contributed by atoms with Crippen molar-refractivity contribution in [3.05, 3.63) is 155 Å². The SMILES string of the molecule is CCC(C)Oc1ccc(NC(c2ccccc2)(c2ccccc2)c2ccccc2)c(C(=N)c2ccnc(N3CCOCC3)c2)c1. The van der Waals surface area contributed by atoms with Crippen LogP contribution in [0.25, 0.3) is 0 Å². The molecular weight excluding hydrogens is 556 g/mol. The van der Waals surface area contributed by atoms with Crippen molar-refractivity contribution in [2.75, 3.05) is 36.5 Å². The van der Waals surface area contributed by atoms with E-state index < -0.39 is 5.54 Å². The number of nitrogens with one attached hydrogen (secondary N) is 2. The summed E-state index contributed by atoms with van der Waals surface area (Å²) in [6, 6.07) is 41.5. The van der Waals surface area contributed by atoms with E-state index in [1.54, 1.807) is 6.20 Å². The summed E-state index contributed by atoms with van der Waals surface area (Å²) in [6.45, 7) is 7.09. The van der Waals surface area contributed by atoms with Gasteiger partial charge >= 0.3 is 0 Å². The van der Waals surface area contributed by atoms with E-state index >= 15 is 0 Å². The average molecular weight is 597 g/mol. The van der Waals surface area contributed by atoms with E-state index in [4.69, 9.17) is 9.47 Å². The molecule has 1 aliphatic heterocycles. The Morgan fingerprint density at radius 3 is 1.98 bits per heavy atom. The molecule has 1 aliphatic rings. The van der Waals surface area contributed by atoms with Gasteiger partial charge in [0.2, 0.25) is 0 Å². The topological polar surface area (TPSA) is 70.5 Å². The molecular formula is C39H40N4O2. The molecule has 1 unspecified atom stereocenters. The van der Waals surface area contributed by atoms with Crippen LogP contribution in [0.15, 0.2) is 128 Å². The Morgan fingerprint density at radius 1 is 0.844 bits per heavy atom. The Kier molecular flexibility index (Phi) is 9.22. The number of rotatable bonds is 11. The Morgan fingerprint density at radius 2 is 1.42 bits per heavy atom. The normalized spacial score (nSPS) is 14.0. The van der Waals surface area contributed by atoms with Crippen LogP contribution in [-0.4, -0.2) is 43.1 Å². The maximum atomic E-state index is 9.60. The molecule has 0 bridgehead atoms. The van der Waals surface area contributed by atoms with Crippen LogP contribution in [0.1, 0.15) is 48.1 Å². The maximum Gasteiger partial charge on any atom is 0.129 e. The number of aromatic nitrogens is 1. The van der Waals surface area contributed by atoms with E-state index in [0.717, 1.165) is 64.6 Å². The average Bonchev–Trinajstić information content (AvgIpc) is 3.12. The first-order valence-corrected chi connectivity index (χ1v) is 15.7. The molecule has 6 nitrogen and oxygen atoms in total. The van der Waals surface area contributed by atoms with Gasteiger partial charge in [-0.1, -0.05) is 97.9 Å². The standard InChI is InChI=1S/C39H40N4O2/c1-3-29(2)45-34-19-20-36(35(28-34)38(40)30-21-22-41-37(27-30)43-23-25-44-26-24-43)42-39(31-13-7-4-8-14-31,32-15-9-5-10-16-32)33-17-11-6-12-18-33/h4-22,27-29,40,42H,3,23-26H2,1-2H3. The van der Waals surface area contributed by atoms with Gasteiger partial charge in [0.15, 0.2) is 0 Å². The van der Waals surface area contributed by atoms with Crippen molar-refractivity contribution in [3.8, 4) is 5.75 Å². The molecule has 5 aromatic rings. The van der Waals surface area contributed by atoms with Crippen molar-refractivity contribution in [1.82, 2.24) is 4.98 Å². The first-order chi connectivity index (χ1) is 22.1. The van der Waals surface area contributed by atoms with Crippen LogP contribution in [0, 0.1) is 5.41 Å². The summed E-state index contributed by atoms with van der Waals surface area (Å²) in [5.74, 6) is 1.59. The van der Waals surface area contributed by atoms with Crippen molar-refractivity contribution in [3.63, 3.8) is 0 Å². The van der Waals surface area contributed by atoms with Gasteiger partial charge in [-0.05, 0) is 60.4 Å². The van der Waals surface area contributed by atoms with E-state index in [-0.39, 0.29) is 6.10 Å². The van der Waals surface area contributed by atoms with E-state index in [1.807, 2.05) is 42.5 Å². The molecule has 2 heterocycles. The molecule has 0 saturated carbocycles. The Balaban J connectivity index is 1.51.